The zero-order valence-corrected chi connectivity index (χ0v) is 10.8. The van der Waals surface area contributed by atoms with E-state index in [0.717, 1.165) is 6.42 Å². The average molecular weight is 265 g/mol. The molecule has 0 saturated carbocycles. The van der Waals surface area contributed by atoms with E-state index in [1.54, 1.807) is 12.1 Å². The number of amides is 1. The van der Waals surface area contributed by atoms with Gasteiger partial charge < -0.3 is 15.7 Å². The van der Waals surface area contributed by atoms with Crippen molar-refractivity contribution in [1.82, 2.24) is 10.6 Å². The second kappa shape index (κ2) is 10.8. The van der Waals surface area contributed by atoms with Gasteiger partial charge in [0.2, 0.25) is 0 Å². The molecule has 0 unspecified atom stereocenters. The van der Waals surface area contributed by atoms with Crippen LogP contribution in [-0.4, -0.2) is 30.1 Å². The van der Waals surface area contributed by atoms with Gasteiger partial charge in [0, 0.05) is 25.7 Å². The van der Waals surface area contributed by atoms with Gasteiger partial charge in [0.15, 0.2) is 0 Å². The highest BCUT2D eigenvalue weighted by Gasteiger charge is 2.07. The normalized spacial score (nSPS) is 10.4. The molecule has 0 heterocycles. The number of carboxylic acid groups (broad SMARTS) is 1. The Morgan fingerprint density at radius 1 is 1.32 bits per heavy atom. The summed E-state index contributed by atoms with van der Waals surface area (Å²) in [7, 11) is 0. The van der Waals surface area contributed by atoms with Gasteiger partial charge in [-0.25, -0.2) is 0 Å². The highest BCUT2D eigenvalue weighted by atomic mass is 16.4. The van der Waals surface area contributed by atoms with E-state index in [-0.39, 0.29) is 12.0 Å². The van der Waals surface area contributed by atoms with Crippen LogP contribution in [0.5, 0.6) is 0 Å². The maximum atomic E-state index is 11.5. The SMILES string of the molecule is C=CCN/C=C(/C#N)C(=O)NCCCCCC(=O)O. The topological polar surface area (TPSA) is 102 Å². The molecule has 0 radical (unpaired) electrons. The summed E-state index contributed by atoms with van der Waals surface area (Å²) < 4.78 is 0. The first-order valence-corrected chi connectivity index (χ1v) is 6.06. The molecule has 0 fully saturated rings. The van der Waals surface area contributed by atoms with Crippen LogP contribution < -0.4 is 10.6 Å². The molecule has 0 spiro atoms. The number of nitrogens with zero attached hydrogens (tertiary/aromatic N) is 1. The minimum atomic E-state index is -0.813. The number of aliphatic carboxylic acids is 1. The van der Waals surface area contributed by atoms with Crippen LogP contribution >= 0.6 is 0 Å². The van der Waals surface area contributed by atoms with E-state index in [0.29, 0.717) is 25.9 Å². The quantitative estimate of drug-likeness (QED) is 0.236. The predicted octanol–water partition coefficient (Wildman–Crippen LogP) is 0.931. The Hall–Kier alpha value is -2.29. The second-order valence-electron chi connectivity index (χ2n) is 3.83. The molecular formula is C13H19N3O3. The lowest BCUT2D eigenvalue weighted by Gasteiger charge is -2.04. The Balaban J connectivity index is 3.83. The molecule has 6 heteroatoms. The number of carbonyl (C=O) groups is 2. The van der Waals surface area contributed by atoms with Gasteiger partial charge in [-0.05, 0) is 12.8 Å². The lowest BCUT2D eigenvalue weighted by molar-refractivity contribution is -0.137. The van der Waals surface area contributed by atoms with Gasteiger partial charge in [-0.3, -0.25) is 9.59 Å². The number of carboxylic acids is 1. The van der Waals surface area contributed by atoms with Crippen LogP contribution in [0.15, 0.2) is 24.4 Å². The molecule has 3 N–H and O–H groups in total. The molecule has 0 aromatic carbocycles. The Bertz CT molecular complexity index is 383. The predicted molar refractivity (Wildman–Crippen MR) is 71.0 cm³/mol. The minimum absolute atomic E-state index is 0.00684. The number of unbranched alkanes of at least 4 members (excludes halogenated alkanes) is 2. The van der Waals surface area contributed by atoms with E-state index in [1.807, 2.05) is 0 Å². The first-order chi connectivity index (χ1) is 9.11. The van der Waals surface area contributed by atoms with Crippen molar-refractivity contribution in [2.24, 2.45) is 0 Å². The molecular weight excluding hydrogens is 246 g/mol. The molecule has 0 atom stereocenters. The molecule has 1 amide bonds. The van der Waals surface area contributed by atoms with Crippen molar-refractivity contribution in [3.63, 3.8) is 0 Å². The van der Waals surface area contributed by atoms with Gasteiger partial charge in [0.05, 0.1) is 0 Å². The zero-order chi connectivity index (χ0) is 14.5. The standard InChI is InChI=1S/C13H19N3O3/c1-2-7-15-10-11(9-14)13(19)16-8-5-3-4-6-12(17)18/h2,10,15H,1,3-8H2,(H,16,19)(H,17,18)/b11-10-. The van der Waals surface area contributed by atoms with Gasteiger partial charge in [0.1, 0.15) is 11.6 Å². The Morgan fingerprint density at radius 2 is 2.05 bits per heavy atom. The number of hydrogen-bond acceptors (Lipinski definition) is 4. The summed E-state index contributed by atoms with van der Waals surface area (Å²) in [6, 6.07) is 1.80. The van der Waals surface area contributed by atoms with Crippen molar-refractivity contribution in [1.29, 1.82) is 5.26 Å². The summed E-state index contributed by atoms with van der Waals surface area (Å²) >= 11 is 0. The maximum absolute atomic E-state index is 11.5. The van der Waals surface area contributed by atoms with E-state index in [1.165, 1.54) is 6.20 Å². The highest BCUT2D eigenvalue weighted by molar-refractivity contribution is 5.97. The van der Waals surface area contributed by atoms with Crippen LogP contribution in [0.3, 0.4) is 0 Å². The number of carbonyl (C=O) groups excluding carboxylic acids is 1. The fourth-order valence-electron chi connectivity index (χ4n) is 1.27. The van der Waals surface area contributed by atoms with Crippen molar-refractivity contribution in [2.75, 3.05) is 13.1 Å². The van der Waals surface area contributed by atoms with E-state index < -0.39 is 11.9 Å². The smallest absolute Gasteiger partial charge is 0.303 e. The first-order valence-electron chi connectivity index (χ1n) is 6.06. The molecule has 6 nitrogen and oxygen atoms in total. The fraction of sp³-hybridized carbons (Fsp3) is 0.462. The van der Waals surface area contributed by atoms with Crippen molar-refractivity contribution in [2.45, 2.75) is 25.7 Å². The van der Waals surface area contributed by atoms with Gasteiger partial charge >= 0.3 is 5.97 Å². The van der Waals surface area contributed by atoms with Gasteiger partial charge in [-0.15, -0.1) is 6.58 Å². The molecule has 104 valence electrons. The van der Waals surface area contributed by atoms with E-state index >= 15 is 0 Å². The first kappa shape index (κ1) is 16.7. The number of rotatable bonds is 10. The third-order valence-electron chi connectivity index (χ3n) is 2.23. The molecule has 0 bridgehead atoms. The maximum Gasteiger partial charge on any atom is 0.303 e. The van der Waals surface area contributed by atoms with Crippen LogP contribution in [0.1, 0.15) is 25.7 Å². The van der Waals surface area contributed by atoms with Gasteiger partial charge in [-0.2, -0.15) is 5.26 Å². The van der Waals surface area contributed by atoms with Crippen LogP contribution in [0.25, 0.3) is 0 Å². The van der Waals surface area contributed by atoms with Crippen LogP contribution in [0.2, 0.25) is 0 Å². The van der Waals surface area contributed by atoms with Crippen molar-refractivity contribution >= 4 is 11.9 Å². The largest absolute Gasteiger partial charge is 0.481 e. The van der Waals surface area contributed by atoms with Crippen molar-refractivity contribution in [3.8, 4) is 6.07 Å². The molecule has 0 rings (SSSR count). The van der Waals surface area contributed by atoms with E-state index in [9.17, 15) is 9.59 Å². The third-order valence-corrected chi connectivity index (χ3v) is 2.23. The van der Waals surface area contributed by atoms with Crippen LogP contribution in [-0.2, 0) is 9.59 Å². The molecule has 0 aromatic rings. The number of nitriles is 1. The Kier molecular flexibility index (Phi) is 9.53. The van der Waals surface area contributed by atoms with Gasteiger partial charge in [-0.1, -0.05) is 12.5 Å². The second-order valence-corrected chi connectivity index (χ2v) is 3.83. The number of hydrogen-bond donors (Lipinski definition) is 3. The van der Waals surface area contributed by atoms with Crippen molar-refractivity contribution in [3.05, 3.63) is 24.4 Å². The molecule has 19 heavy (non-hydrogen) atoms. The zero-order valence-electron chi connectivity index (χ0n) is 10.8. The summed E-state index contributed by atoms with van der Waals surface area (Å²) in [4.78, 5) is 21.8. The summed E-state index contributed by atoms with van der Waals surface area (Å²) in [5.41, 5.74) is 0.00684. The fourth-order valence-corrected chi connectivity index (χ4v) is 1.27. The van der Waals surface area contributed by atoms with Crippen LogP contribution in [0, 0.1) is 11.3 Å². The van der Waals surface area contributed by atoms with E-state index in [2.05, 4.69) is 17.2 Å². The molecule has 0 aromatic heterocycles. The lowest BCUT2D eigenvalue weighted by atomic mass is 10.2. The third kappa shape index (κ3) is 9.41. The monoisotopic (exact) mass is 265 g/mol. The summed E-state index contributed by atoms with van der Waals surface area (Å²) in [5.74, 6) is -1.25. The molecule has 0 saturated heterocycles. The molecule has 0 aliphatic heterocycles. The minimum Gasteiger partial charge on any atom is -0.481 e. The molecule has 0 aliphatic rings. The number of nitrogens with one attached hydrogen (secondary N) is 2. The van der Waals surface area contributed by atoms with E-state index in [4.69, 9.17) is 10.4 Å². The van der Waals surface area contributed by atoms with Gasteiger partial charge in [0.25, 0.3) is 5.91 Å². The lowest BCUT2D eigenvalue weighted by Crippen LogP contribution is -2.26. The molecule has 0 aliphatic carbocycles. The Labute approximate surface area is 112 Å². The summed E-state index contributed by atoms with van der Waals surface area (Å²) in [6.45, 7) is 4.41. The van der Waals surface area contributed by atoms with Crippen molar-refractivity contribution < 1.29 is 14.7 Å². The Morgan fingerprint density at radius 3 is 2.63 bits per heavy atom. The summed E-state index contributed by atoms with van der Waals surface area (Å²) in [6.07, 6.45) is 5.12. The summed E-state index contributed by atoms with van der Waals surface area (Å²) in [5, 5.41) is 22.6. The highest BCUT2D eigenvalue weighted by Crippen LogP contribution is 1.99. The average Bonchev–Trinajstić information content (AvgIpc) is 2.38. The van der Waals surface area contributed by atoms with Crippen LogP contribution in [0.4, 0.5) is 0 Å².